The predicted molar refractivity (Wildman–Crippen MR) is 127 cm³/mol. The summed E-state index contributed by atoms with van der Waals surface area (Å²) in [5.41, 5.74) is 1.27. The van der Waals surface area contributed by atoms with Crippen molar-refractivity contribution in [3.8, 4) is 17.1 Å². The number of nitrogens with zero attached hydrogens (tertiary/aromatic N) is 4. The van der Waals surface area contributed by atoms with Gasteiger partial charge in [-0.25, -0.2) is 8.42 Å². The van der Waals surface area contributed by atoms with Crippen molar-refractivity contribution in [1.29, 1.82) is 0 Å². The molecule has 1 saturated heterocycles. The van der Waals surface area contributed by atoms with Gasteiger partial charge < -0.3 is 15.0 Å². The van der Waals surface area contributed by atoms with Crippen molar-refractivity contribution >= 4 is 33.4 Å². The van der Waals surface area contributed by atoms with Crippen LogP contribution in [-0.4, -0.2) is 57.3 Å². The molecule has 2 N–H and O–H groups in total. The summed E-state index contributed by atoms with van der Waals surface area (Å²) in [6, 6.07) is 13.0. The zero-order chi connectivity index (χ0) is 23.4. The van der Waals surface area contributed by atoms with Crippen LogP contribution >= 0.6 is 11.8 Å². The van der Waals surface area contributed by atoms with E-state index in [-0.39, 0.29) is 22.3 Å². The van der Waals surface area contributed by atoms with E-state index in [0.29, 0.717) is 36.3 Å². The largest absolute Gasteiger partial charge is 0.508 e. The SMILES string of the molecule is CCn1c(SCC(=O)Nc2cccc(O)c2)nnc1-c1ccc(S(=O)(=O)N2CCCC2)cc1. The van der Waals surface area contributed by atoms with Crippen LogP contribution in [0, 0.1) is 0 Å². The van der Waals surface area contributed by atoms with Crippen molar-refractivity contribution in [3.63, 3.8) is 0 Å². The summed E-state index contributed by atoms with van der Waals surface area (Å²) >= 11 is 1.26. The number of hydrogen-bond donors (Lipinski definition) is 2. The fourth-order valence-corrected chi connectivity index (χ4v) is 5.98. The average Bonchev–Trinajstić information content (AvgIpc) is 3.48. The molecule has 2 aromatic carbocycles. The van der Waals surface area contributed by atoms with Gasteiger partial charge in [-0.2, -0.15) is 4.31 Å². The first-order valence-corrected chi connectivity index (χ1v) is 13.1. The van der Waals surface area contributed by atoms with Gasteiger partial charge in [0.15, 0.2) is 11.0 Å². The molecule has 2 heterocycles. The third-order valence-corrected chi connectivity index (χ3v) is 8.19. The number of sulfonamides is 1. The highest BCUT2D eigenvalue weighted by molar-refractivity contribution is 7.99. The van der Waals surface area contributed by atoms with E-state index in [4.69, 9.17) is 0 Å². The lowest BCUT2D eigenvalue weighted by Gasteiger charge is -2.15. The standard InChI is InChI=1S/C22H25N5O4S2/c1-2-27-21(16-8-10-19(11-9-16)33(30,31)26-12-3-4-13-26)24-25-22(27)32-15-20(29)23-17-6-5-7-18(28)14-17/h5-11,14,28H,2-4,12-13,15H2,1H3,(H,23,29). The van der Waals surface area contributed by atoms with E-state index < -0.39 is 10.0 Å². The molecule has 33 heavy (non-hydrogen) atoms. The maximum absolute atomic E-state index is 12.7. The van der Waals surface area contributed by atoms with E-state index in [0.717, 1.165) is 18.4 Å². The van der Waals surface area contributed by atoms with E-state index in [1.165, 1.54) is 28.2 Å². The lowest BCUT2D eigenvalue weighted by Crippen LogP contribution is -2.27. The van der Waals surface area contributed by atoms with Crippen LogP contribution in [0.4, 0.5) is 5.69 Å². The second kappa shape index (κ2) is 9.94. The van der Waals surface area contributed by atoms with Crippen molar-refractivity contribution in [2.45, 2.75) is 36.4 Å². The summed E-state index contributed by atoms with van der Waals surface area (Å²) in [7, 11) is -3.47. The number of rotatable bonds is 8. The first-order valence-electron chi connectivity index (χ1n) is 10.6. The van der Waals surface area contributed by atoms with Crippen molar-refractivity contribution < 1.29 is 18.3 Å². The molecule has 4 rings (SSSR count). The fourth-order valence-electron chi connectivity index (χ4n) is 3.66. The number of nitrogens with one attached hydrogen (secondary N) is 1. The Labute approximate surface area is 196 Å². The van der Waals surface area contributed by atoms with Gasteiger partial charge in [0.25, 0.3) is 0 Å². The minimum absolute atomic E-state index is 0.0788. The topological polar surface area (TPSA) is 117 Å². The number of aromatic hydroxyl groups is 1. The number of benzene rings is 2. The zero-order valence-corrected chi connectivity index (χ0v) is 19.8. The van der Waals surface area contributed by atoms with Crippen LogP contribution in [0.1, 0.15) is 19.8 Å². The highest BCUT2D eigenvalue weighted by atomic mass is 32.2. The molecule has 9 nitrogen and oxygen atoms in total. The second-order valence-electron chi connectivity index (χ2n) is 7.57. The van der Waals surface area contributed by atoms with Gasteiger partial charge in [-0.05, 0) is 56.2 Å². The Balaban J connectivity index is 1.45. The van der Waals surface area contributed by atoms with E-state index >= 15 is 0 Å². The van der Waals surface area contributed by atoms with Crippen molar-refractivity contribution in [1.82, 2.24) is 19.1 Å². The molecule has 0 atom stereocenters. The van der Waals surface area contributed by atoms with Crippen LogP contribution in [0.2, 0.25) is 0 Å². The number of aromatic nitrogens is 3. The predicted octanol–water partition coefficient (Wildman–Crippen LogP) is 3.19. The summed E-state index contributed by atoms with van der Waals surface area (Å²) in [4.78, 5) is 12.6. The Bertz CT molecular complexity index is 1240. The smallest absolute Gasteiger partial charge is 0.243 e. The Morgan fingerprint density at radius 2 is 1.85 bits per heavy atom. The Morgan fingerprint density at radius 1 is 1.12 bits per heavy atom. The lowest BCUT2D eigenvalue weighted by molar-refractivity contribution is -0.113. The number of carbonyl (C=O) groups excluding carboxylic acids is 1. The molecule has 0 spiro atoms. The third kappa shape index (κ3) is 5.21. The molecule has 1 aliphatic rings. The maximum Gasteiger partial charge on any atom is 0.243 e. The number of anilines is 1. The van der Waals surface area contributed by atoms with Crippen LogP contribution in [0.3, 0.4) is 0 Å². The Morgan fingerprint density at radius 3 is 2.52 bits per heavy atom. The van der Waals surface area contributed by atoms with Crippen molar-refractivity contribution in [2.75, 3.05) is 24.2 Å². The second-order valence-corrected chi connectivity index (χ2v) is 10.5. The number of hydrogen-bond acceptors (Lipinski definition) is 7. The third-order valence-electron chi connectivity index (χ3n) is 5.31. The van der Waals surface area contributed by atoms with Crippen LogP contribution in [-0.2, 0) is 21.4 Å². The van der Waals surface area contributed by atoms with E-state index in [1.54, 1.807) is 36.4 Å². The molecule has 0 aliphatic carbocycles. The van der Waals surface area contributed by atoms with E-state index in [2.05, 4.69) is 15.5 Å². The number of amides is 1. The van der Waals surface area contributed by atoms with Gasteiger partial charge >= 0.3 is 0 Å². The van der Waals surface area contributed by atoms with Gasteiger partial charge in [-0.1, -0.05) is 17.8 Å². The molecule has 0 bridgehead atoms. The van der Waals surface area contributed by atoms with Gasteiger partial charge in [0.2, 0.25) is 15.9 Å². The normalized spacial score (nSPS) is 14.5. The minimum Gasteiger partial charge on any atom is -0.508 e. The van der Waals surface area contributed by atoms with Crippen molar-refractivity contribution in [2.24, 2.45) is 0 Å². The molecule has 1 aliphatic heterocycles. The molecule has 0 saturated carbocycles. The number of phenols is 1. The Hall–Kier alpha value is -2.89. The summed E-state index contributed by atoms with van der Waals surface area (Å²) in [6.45, 7) is 3.67. The molecule has 174 valence electrons. The molecule has 1 aromatic heterocycles. The summed E-state index contributed by atoms with van der Waals surface area (Å²) in [6.07, 6.45) is 1.78. The van der Waals surface area contributed by atoms with Crippen LogP contribution in [0.5, 0.6) is 5.75 Å². The molecule has 3 aromatic rings. The van der Waals surface area contributed by atoms with Crippen LogP contribution in [0.25, 0.3) is 11.4 Å². The number of carbonyl (C=O) groups is 1. The van der Waals surface area contributed by atoms with Gasteiger partial charge in [-0.15, -0.1) is 10.2 Å². The Kier molecular flexibility index (Phi) is 7.01. The molecule has 0 unspecified atom stereocenters. The molecule has 11 heteroatoms. The fraction of sp³-hybridized carbons (Fsp3) is 0.318. The summed E-state index contributed by atoms with van der Waals surface area (Å²) in [5, 5.41) is 21.3. The first kappa shape index (κ1) is 23.3. The maximum atomic E-state index is 12.7. The van der Waals surface area contributed by atoms with Gasteiger partial charge in [-0.3, -0.25) is 4.79 Å². The van der Waals surface area contributed by atoms with E-state index in [1.807, 2.05) is 11.5 Å². The van der Waals surface area contributed by atoms with Crippen LogP contribution < -0.4 is 5.32 Å². The first-order chi connectivity index (χ1) is 15.9. The van der Waals surface area contributed by atoms with Gasteiger partial charge in [0, 0.05) is 37.0 Å². The minimum atomic E-state index is -3.47. The van der Waals surface area contributed by atoms with Gasteiger partial charge in [0.1, 0.15) is 5.75 Å². The van der Waals surface area contributed by atoms with Gasteiger partial charge in [0.05, 0.1) is 10.6 Å². The molecule has 1 amide bonds. The van der Waals surface area contributed by atoms with Crippen molar-refractivity contribution in [3.05, 3.63) is 48.5 Å². The summed E-state index contributed by atoms with van der Waals surface area (Å²) < 4.78 is 28.9. The number of thioether (sulfide) groups is 1. The average molecular weight is 488 g/mol. The van der Waals surface area contributed by atoms with E-state index in [9.17, 15) is 18.3 Å². The molecule has 1 fully saturated rings. The lowest BCUT2D eigenvalue weighted by atomic mass is 10.2. The summed E-state index contributed by atoms with van der Waals surface area (Å²) in [5.74, 6) is 0.587. The monoisotopic (exact) mass is 487 g/mol. The number of phenolic OH excluding ortho intramolecular Hbond substituents is 1. The highest BCUT2D eigenvalue weighted by Gasteiger charge is 2.27. The quantitative estimate of drug-likeness (QED) is 0.469. The zero-order valence-electron chi connectivity index (χ0n) is 18.1. The van der Waals surface area contributed by atoms with Crippen LogP contribution in [0.15, 0.2) is 58.6 Å². The molecular formula is C22H25N5O4S2. The highest BCUT2D eigenvalue weighted by Crippen LogP contribution is 2.27. The molecule has 0 radical (unpaired) electrons. The molecular weight excluding hydrogens is 462 g/mol.